The Morgan fingerprint density at radius 3 is 2.41 bits per heavy atom. The summed E-state index contributed by atoms with van der Waals surface area (Å²) in [6.45, 7) is 5.72. The van der Waals surface area contributed by atoms with Crippen molar-refractivity contribution in [3.63, 3.8) is 0 Å². The van der Waals surface area contributed by atoms with E-state index in [0.717, 1.165) is 11.4 Å². The van der Waals surface area contributed by atoms with Crippen molar-refractivity contribution in [2.24, 2.45) is 0 Å². The summed E-state index contributed by atoms with van der Waals surface area (Å²) in [4.78, 5) is 19.7. The molecule has 8 nitrogen and oxygen atoms in total. The number of anilines is 1. The number of aryl methyl sites for hydroxylation is 2. The molecule has 9 heteroatoms. The second-order valence-corrected chi connectivity index (χ2v) is 8.47. The van der Waals surface area contributed by atoms with Gasteiger partial charge in [-0.3, -0.25) is 4.79 Å². The van der Waals surface area contributed by atoms with Gasteiger partial charge in [0.25, 0.3) is 0 Å². The maximum Gasteiger partial charge on any atom is 0.317 e. The molecule has 1 aliphatic heterocycles. The van der Waals surface area contributed by atoms with Gasteiger partial charge in [-0.1, -0.05) is 0 Å². The molecular formula is C18H22N4O4S. The van der Waals surface area contributed by atoms with Crippen molar-refractivity contribution in [3.05, 3.63) is 41.7 Å². The van der Waals surface area contributed by atoms with Crippen LogP contribution in [0.1, 0.15) is 24.7 Å². The first-order chi connectivity index (χ1) is 12.7. The van der Waals surface area contributed by atoms with Gasteiger partial charge >= 0.3 is 6.01 Å². The minimum atomic E-state index is -3.63. The number of amides is 1. The zero-order chi connectivity index (χ0) is 19.6. The third-order valence-electron chi connectivity index (χ3n) is 4.15. The molecule has 1 fully saturated rings. The van der Waals surface area contributed by atoms with E-state index in [4.69, 9.17) is 4.74 Å². The first-order valence-electron chi connectivity index (χ1n) is 8.61. The number of sulfonamides is 1. The summed E-state index contributed by atoms with van der Waals surface area (Å²) in [6, 6.07) is 8.24. The van der Waals surface area contributed by atoms with Crippen LogP contribution < -0.4 is 10.1 Å². The van der Waals surface area contributed by atoms with Gasteiger partial charge in [0.1, 0.15) is 6.10 Å². The second-order valence-electron chi connectivity index (χ2n) is 6.53. The second kappa shape index (κ2) is 7.61. The van der Waals surface area contributed by atoms with Crippen LogP contribution in [0.25, 0.3) is 0 Å². The van der Waals surface area contributed by atoms with E-state index in [2.05, 4.69) is 15.3 Å². The maximum absolute atomic E-state index is 12.8. The Morgan fingerprint density at radius 1 is 1.19 bits per heavy atom. The number of benzene rings is 1. The predicted molar refractivity (Wildman–Crippen MR) is 100 cm³/mol. The van der Waals surface area contributed by atoms with Gasteiger partial charge < -0.3 is 10.1 Å². The van der Waals surface area contributed by atoms with Crippen molar-refractivity contribution in [2.75, 3.05) is 18.4 Å². The first-order valence-corrected chi connectivity index (χ1v) is 10.0. The normalized spacial score (nSPS) is 17.7. The number of carbonyl (C=O) groups excluding carboxylic acids is 1. The standard InChI is InChI=1S/C18H22N4O4S/c1-12-10-13(2)20-18(19-12)26-16-8-9-22(11-16)27(24,25)17-6-4-15(5-7-17)21-14(3)23/h4-7,10,16H,8-9,11H2,1-3H3,(H,21,23). The summed E-state index contributed by atoms with van der Waals surface area (Å²) in [7, 11) is -3.63. The molecule has 1 atom stereocenters. The number of aromatic nitrogens is 2. The van der Waals surface area contributed by atoms with Gasteiger partial charge in [-0.25, -0.2) is 18.4 Å². The van der Waals surface area contributed by atoms with Crippen molar-refractivity contribution in [2.45, 2.75) is 38.2 Å². The molecule has 0 radical (unpaired) electrons. The van der Waals surface area contributed by atoms with Crippen LogP contribution in [-0.2, 0) is 14.8 Å². The molecule has 1 aromatic carbocycles. The third kappa shape index (κ3) is 4.61. The lowest BCUT2D eigenvalue weighted by Crippen LogP contribution is -2.31. The lowest BCUT2D eigenvalue weighted by atomic mass is 10.3. The molecule has 0 spiro atoms. The molecule has 1 aliphatic rings. The number of carbonyl (C=O) groups is 1. The van der Waals surface area contributed by atoms with Gasteiger partial charge in [0.15, 0.2) is 0 Å². The van der Waals surface area contributed by atoms with Crippen molar-refractivity contribution >= 4 is 21.6 Å². The van der Waals surface area contributed by atoms with Crippen LogP contribution in [0.5, 0.6) is 6.01 Å². The molecule has 2 heterocycles. The summed E-state index contributed by atoms with van der Waals surface area (Å²) in [6.07, 6.45) is 0.277. The molecule has 1 aromatic heterocycles. The van der Waals surface area contributed by atoms with E-state index in [0.29, 0.717) is 18.7 Å². The van der Waals surface area contributed by atoms with E-state index < -0.39 is 10.0 Å². The number of rotatable bonds is 5. The highest BCUT2D eigenvalue weighted by atomic mass is 32.2. The quantitative estimate of drug-likeness (QED) is 0.837. The number of ether oxygens (including phenoxy) is 1. The van der Waals surface area contributed by atoms with Crippen molar-refractivity contribution < 1.29 is 17.9 Å². The Hall–Kier alpha value is -2.52. The van der Waals surface area contributed by atoms with Gasteiger partial charge in [0, 0.05) is 30.5 Å². The van der Waals surface area contributed by atoms with Crippen LogP contribution in [0.2, 0.25) is 0 Å². The highest BCUT2D eigenvalue weighted by Gasteiger charge is 2.34. The Balaban J connectivity index is 1.68. The summed E-state index contributed by atoms with van der Waals surface area (Å²) in [5.74, 6) is -0.209. The number of nitrogens with one attached hydrogen (secondary N) is 1. The highest BCUT2D eigenvalue weighted by molar-refractivity contribution is 7.89. The Bertz CT molecular complexity index is 924. The van der Waals surface area contributed by atoms with Crippen LogP contribution in [0, 0.1) is 13.8 Å². The van der Waals surface area contributed by atoms with Gasteiger partial charge in [0.05, 0.1) is 11.4 Å². The van der Waals surface area contributed by atoms with Crippen LogP contribution >= 0.6 is 0 Å². The summed E-state index contributed by atoms with van der Waals surface area (Å²) >= 11 is 0. The Kier molecular flexibility index (Phi) is 5.43. The molecule has 0 saturated carbocycles. The Morgan fingerprint density at radius 2 is 1.81 bits per heavy atom. The highest BCUT2D eigenvalue weighted by Crippen LogP contribution is 2.24. The molecule has 27 heavy (non-hydrogen) atoms. The SMILES string of the molecule is CC(=O)Nc1ccc(S(=O)(=O)N2CCC(Oc3nc(C)cc(C)n3)C2)cc1. The lowest BCUT2D eigenvalue weighted by molar-refractivity contribution is -0.114. The zero-order valence-corrected chi connectivity index (χ0v) is 16.3. The van der Waals surface area contributed by atoms with E-state index in [9.17, 15) is 13.2 Å². The van der Waals surface area contributed by atoms with Crippen LogP contribution in [-0.4, -0.2) is 47.8 Å². The summed E-state index contributed by atoms with van der Waals surface area (Å²) in [5.41, 5.74) is 2.16. The van der Waals surface area contributed by atoms with Crippen molar-refractivity contribution in [1.82, 2.24) is 14.3 Å². The molecule has 1 N–H and O–H groups in total. The smallest absolute Gasteiger partial charge is 0.317 e. The molecule has 0 aliphatic carbocycles. The van der Waals surface area contributed by atoms with Crippen LogP contribution in [0.3, 0.4) is 0 Å². The molecule has 1 saturated heterocycles. The van der Waals surface area contributed by atoms with Crippen LogP contribution in [0.4, 0.5) is 5.69 Å². The molecule has 1 amide bonds. The monoisotopic (exact) mass is 390 g/mol. The average Bonchev–Trinajstić information content (AvgIpc) is 3.03. The number of nitrogens with zero attached hydrogens (tertiary/aromatic N) is 3. The van der Waals surface area contributed by atoms with Crippen molar-refractivity contribution in [3.8, 4) is 6.01 Å². The van der Waals surface area contributed by atoms with Gasteiger partial charge in [-0.2, -0.15) is 4.31 Å². The van der Waals surface area contributed by atoms with Gasteiger partial charge in [-0.15, -0.1) is 0 Å². The van der Waals surface area contributed by atoms with Gasteiger partial charge in [0.2, 0.25) is 15.9 Å². The van der Waals surface area contributed by atoms with Crippen molar-refractivity contribution in [1.29, 1.82) is 0 Å². The Labute approximate surface area is 158 Å². The van der Waals surface area contributed by atoms with E-state index in [1.807, 2.05) is 19.9 Å². The minimum Gasteiger partial charge on any atom is -0.459 e. The first kappa shape index (κ1) is 19.2. The number of hydrogen-bond donors (Lipinski definition) is 1. The molecule has 1 unspecified atom stereocenters. The molecule has 2 aromatic rings. The summed E-state index contributed by atoms with van der Waals surface area (Å²) in [5, 5.41) is 2.62. The summed E-state index contributed by atoms with van der Waals surface area (Å²) < 4.78 is 32.8. The fourth-order valence-electron chi connectivity index (χ4n) is 2.97. The number of hydrogen-bond acceptors (Lipinski definition) is 6. The minimum absolute atomic E-state index is 0.180. The zero-order valence-electron chi connectivity index (χ0n) is 15.5. The predicted octanol–water partition coefficient (Wildman–Crippen LogP) is 1.89. The third-order valence-corrected chi connectivity index (χ3v) is 6.03. The molecule has 0 bridgehead atoms. The average molecular weight is 390 g/mol. The topological polar surface area (TPSA) is 101 Å². The van der Waals surface area contributed by atoms with Crippen LogP contribution in [0.15, 0.2) is 35.2 Å². The lowest BCUT2D eigenvalue weighted by Gasteiger charge is -2.17. The van der Waals surface area contributed by atoms with E-state index in [1.165, 1.54) is 23.4 Å². The van der Waals surface area contributed by atoms with Gasteiger partial charge in [-0.05, 0) is 50.6 Å². The van der Waals surface area contributed by atoms with E-state index in [1.54, 1.807) is 12.1 Å². The van der Waals surface area contributed by atoms with E-state index >= 15 is 0 Å². The molecule has 144 valence electrons. The largest absolute Gasteiger partial charge is 0.459 e. The molecule has 3 rings (SSSR count). The fraction of sp³-hybridized carbons (Fsp3) is 0.389. The maximum atomic E-state index is 12.8. The van der Waals surface area contributed by atoms with E-state index in [-0.39, 0.29) is 29.5 Å². The molecular weight excluding hydrogens is 368 g/mol. The fourth-order valence-corrected chi connectivity index (χ4v) is 4.46.